The largest absolute Gasteiger partial charge is 0.433 e. The second kappa shape index (κ2) is 5.61. The van der Waals surface area contributed by atoms with Gasteiger partial charge in [-0.15, -0.1) is 0 Å². The lowest BCUT2D eigenvalue weighted by Gasteiger charge is -2.13. The first-order valence-corrected chi connectivity index (χ1v) is 4.55. The Morgan fingerprint density at radius 2 is 2.47 bits per heavy atom. The van der Waals surface area contributed by atoms with Crippen LogP contribution in [0, 0.1) is 15.5 Å². The molecule has 17 heavy (non-hydrogen) atoms. The van der Waals surface area contributed by atoms with Crippen molar-refractivity contribution in [3.05, 3.63) is 28.0 Å². The fraction of sp³-hybridized carbons (Fsp3) is 0.250. The van der Waals surface area contributed by atoms with E-state index >= 15 is 0 Å². The standard InChI is InChI=1S/C8H11N5O4/c9-8(10)12(3-4-14)11-5-6-1-2-7(17-6)13(15)16/h1-2,5,14H,3-4H2,(H3,9,10)/b11-5+. The van der Waals surface area contributed by atoms with E-state index in [0.29, 0.717) is 0 Å². The van der Waals surface area contributed by atoms with E-state index in [1.54, 1.807) is 0 Å². The Morgan fingerprint density at radius 1 is 1.76 bits per heavy atom. The van der Waals surface area contributed by atoms with Crippen LogP contribution >= 0.6 is 0 Å². The van der Waals surface area contributed by atoms with Crippen molar-refractivity contribution in [1.82, 2.24) is 5.01 Å². The fourth-order valence-electron chi connectivity index (χ4n) is 0.971. The van der Waals surface area contributed by atoms with Gasteiger partial charge >= 0.3 is 5.88 Å². The second-order valence-electron chi connectivity index (χ2n) is 2.91. The number of hydrazone groups is 1. The Balaban J connectivity index is 2.73. The van der Waals surface area contributed by atoms with E-state index in [2.05, 4.69) is 5.10 Å². The third kappa shape index (κ3) is 3.57. The van der Waals surface area contributed by atoms with Crippen LogP contribution < -0.4 is 5.73 Å². The highest BCUT2D eigenvalue weighted by molar-refractivity contribution is 5.80. The van der Waals surface area contributed by atoms with Crippen molar-refractivity contribution in [2.45, 2.75) is 0 Å². The molecule has 4 N–H and O–H groups in total. The van der Waals surface area contributed by atoms with Gasteiger partial charge in [0.25, 0.3) is 0 Å². The van der Waals surface area contributed by atoms with Crippen LogP contribution in [-0.4, -0.2) is 40.4 Å². The molecule has 9 nitrogen and oxygen atoms in total. The van der Waals surface area contributed by atoms with Gasteiger partial charge in [-0.1, -0.05) is 0 Å². The van der Waals surface area contributed by atoms with Gasteiger partial charge in [-0.3, -0.25) is 15.5 Å². The summed E-state index contributed by atoms with van der Waals surface area (Å²) in [5.74, 6) is -0.597. The van der Waals surface area contributed by atoms with Crippen molar-refractivity contribution in [3.8, 4) is 0 Å². The zero-order valence-corrected chi connectivity index (χ0v) is 8.74. The maximum absolute atomic E-state index is 10.3. The number of guanidine groups is 1. The molecule has 0 aliphatic heterocycles. The predicted octanol–water partition coefficient (Wildman–Crippen LogP) is -0.291. The Bertz CT molecular complexity index is 441. The highest BCUT2D eigenvalue weighted by Gasteiger charge is 2.10. The molecule has 0 spiro atoms. The number of aliphatic hydroxyl groups is 1. The minimum absolute atomic E-state index is 0.0502. The zero-order valence-electron chi connectivity index (χ0n) is 8.74. The zero-order chi connectivity index (χ0) is 12.8. The molecule has 1 rings (SSSR count). The summed E-state index contributed by atoms with van der Waals surface area (Å²) in [5.41, 5.74) is 5.19. The minimum Gasteiger partial charge on any atom is -0.400 e. The van der Waals surface area contributed by atoms with Crippen LogP contribution in [0.5, 0.6) is 0 Å². The van der Waals surface area contributed by atoms with Crippen LogP contribution in [0.4, 0.5) is 5.88 Å². The van der Waals surface area contributed by atoms with E-state index in [9.17, 15) is 10.1 Å². The summed E-state index contributed by atoms with van der Waals surface area (Å²) in [4.78, 5) is 9.66. The van der Waals surface area contributed by atoms with Gasteiger partial charge in [0.2, 0.25) is 5.96 Å². The minimum atomic E-state index is -0.673. The number of rotatable bonds is 5. The molecule has 0 unspecified atom stereocenters. The van der Waals surface area contributed by atoms with E-state index in [4.69, 9.17) is 20.7 Å². The molecule has 0 saturated heterocycles. The number of nitrogens with zero attached hydrogens (tertiary/aromatic N) is 3. The topological polar surface area (TPSA) is 142 Å². The third-order valence-corrected chi connectivity index (χ3v) is 1.71. The Labute approximate surface area is 95.8 Å². The maximum atomic E-state index is 10.3. The molecule has 0 aliphatic rings. The molecule has 0 fully saturated rings. The van der Waals surface area contributed by atoms with Crippen LogP contribution in [0.1, 0.15) is 5.76 Å². The average molecular weight is 241 g/mol. The lowest BCUT2D eigenvalue weighted by atomic mass is 10.5. The molecular weight excluding hydrogens is 230 g/mol. The van der Waals surface area contributed by atoms with E-state index in [0.717, 1.165) is 5.01 Å². The monoisotopic (exact) mass is 241 g/mol. The van der Waals surface area contributed by atoms with Crippen LogP contribution in [0.3, 0.4) is 0 Å². The van der Waals surface area contributed by atoms with Crippen molar-refractivity contribution in [2.24, 2.45) is 10.8 Å². The van der Waals surface area contributed by atoms with Gasteiger partial charge < -0.3 is 15.3 Å². The summed E-state index contributed by atoms with van der Waals surface area (Å²) >= 11 is 0. The van der Waals surface area contributed by atoms with Crippen molar-refractivity contribution in [1.29, 1.82) is 5.41 Å². The highest BCUT2D eigenvalue weighted by atomic mass is 16.6. The maximum Gasteiger partial charge on any atom is 0.433 e. The summed E-state index contributed by atoms with van der Waals surface area (Å²) in [7, 11) is 0. The molecule has 0 saturated carbocycles. The molecule has 0 amide bonds. The normalized spacial score (nSPS) is 10.6. The van der Waals surface area contributed by atoms with E-state index in [-0.39, 0.29) is 24.9 Å². The first-order valence-electron chi connectivity index (χ1n) is 4.55. The number of nitrogens with one attached hydrogen (secondary N) is 1. The van der Waals surface area contributed by atoms with E-state index in [1.165, 1.54) is 18.3 Å². The van der Waals surface area contributed by atoms with Gasteiger partial charge in [0.05, 0.1) is 25.4 Å². The molecule has 1 aromatic heterocycles. The number of furan rings is 1. The molecule has 1 heterocycles. The van der Waals surface area contributed by atoms with Gasteiger partial charge in [0.1, 0.15) is 4.92 Å². The molecule has 1 aromatic rings. The fourth-order valence-corrected chi connectivity index (χ4v) is 0.971. The Morgan fingerprint density at radius 3 is 2.94 bits per heavy atom. The molecule has 92 valence electrons. The first kappa shape index (κ1) is 12.6. The number of hydrogen-bond donors (Lipinski definition) is 3. The van der Waals surface area contributed by atoms with Gasteiger partial charge in [0, 0.05) is 0 Å². The number of aliphatic hydroxyl groups excluding tert-OH is 1. The second-order valence-corrected chi connectivity index (χ2v) is 2.91. The van der Waals surface area contributed by atoms with Gasteiger partial charge in [0.15, 0.2) is 5.76 Å². The van der Waals surface area contributed by atoms with E-state index in [1.807, 2.05) is 0 Å². The molecule has 0 bridgehead atoms. The molecule has 0 aliphatic carbocycles. The lowest BCUT2D eigenvalue weighted by Crippen LogP contribution is -2.34. The number of hydrogen-bond acceptors (Lipinski definition) is 6. The highest BCUT2D eigenvalue weighted by Crippen LogP contribution is 2.13. The van der Waals surface area contributed by atoms with Crippen LogP contribution in [0.15, 0.2) is 21.7 Å². The smallest absolute Gasteiger partial charge is 0.400 e. The Hall–Kier alpha value is -2.42. The van der Waals surface area contributed by atoms with Gasteiger partial charge in [-0.25, -0.2) is 5.01 Å². The first-order chi connectivity index (χ1) is 8.04. The third-order valence-electron chi connectivity index (χ3n) is 1.71. The van der Waals surface area contributed by atoms with Crippen molar-refractivity contribution >= 4 is 18.1 Å². The summed E-state index contributed by atoms with van der Waals surface area (Å²) in [6.07, 6.45) is 1.17. The molecule has 0 aromatic carbocycles. The predicted molar refractivity (Wildman–Crippen MR) is 58.7 cm³/mol. The lowest BCUT2D eigenvalue weighted by molar-refractivity contribution is -0.402. The molecule has 9 heteroatoms. The van der Waals surface area contributed by atoms with Crippen molar-refractivity contribution in [2.75, 3.05) is 13.2 Å². The van der Waals surface area contributed by atoms with E-state index < -0.39 is 10.8 Å². The summed E-state index contributed by atoms with van der Waals surface area (Å²) in [6.45, 7) is -0.177. The Kier molecular flexibility index (Phi) is 4.17. The summed E-state index contributed by atoms with van der Waals surface area (Å²) in [5, 5.41) is 30.9. The number of nitrogens with two attached hydrogens (primary N) is 1. The molecule has 0 atom stereocenters. The molecular formula is C8H11N5O4. The van der Waals surface area contributed by atoms with Crippen LogP contribution in [-0.2, 0) is 0 Å². The van der Waals surface area contributed by atoms with Gasteiger partial charge in [-0.05, 0) is 6.07 Å². The van der Waals surface area contributed by atoms with Crippen molar-refractivity contribution < 1.29 is 14.4 Å². The van der Waals surface area contributed by atoms with Gasteiger partial charge in [-0.2, -0.15) is 5.10 Å². The van der Waals surface area contributed by atoms with Crippen LogP contribution in [0.25, 0.3) is 0 Å². The molecule has 0 radical (unpaired) electrons. The SMILES string of the molecule is N=C(N)N(CCO)/N=C/c1ccc([N+](=O)[O-])o1. The van der Waals surface area contributed by atoms with Crippen LogP contribution in [0.2, 0.25) is 0 Å². The average Bonchev–Trinajstić information content (AvgIpc) is 2.72. The van der Waals surface area contributed by atoms with Crippen molar-refractivity contribution in [3.63, 3.8) is 0 Å². The quantitative estimate of drug-likeness (QED) is 0.280. The summed E-state index contributed by atoms with van der Waals surface area (Å²) in [6, 6.07) is 2.55. The summed E-state index contributed by atoms with van der Waals surface area (Å²) < 4.78 is 4.80. The number of nitro groups is 1.